The van der Waals surface area contributed by atoms with E-state index in [9.17, 15) is 20.1 Å². The third-order valence-corrected chi connectivity index (χ3v) is 4.73. The van der Waals surface area contributed by atoms with Crippen LogP contribution in [0.15, 0.2) is 36.4 Å². The first-order valence-electron chi connectivity index (χ1n) is 8.62. The fourth-order valence-electron chi connectivity index (χ4n) is 2.85. The molecular weight excluding hydrogens is 396 g/mol. The first-order chi connectivity index (χ1) is 13.7. The Labute approximate surface area is 172 Å². The standard InChI is InChI=1S/C19H20N4O5S/c1-10(2)11-5-4-6-12(7-11)17-18(23(29)19(26)27)20-21-22(17)13-8-16(28-3)15(25)9-14(13)24/h4-10,24-25,29H,1-3H3,(H,26,27). The minimum atomic E-state index is -1.34. The molecule has 29 heavy (non-hydrogen) atoms. The van der Waals surface area contributed by atoms with E-state index in [1.165, 1.54) is 17.9 Å². The number of carbonyl (C=O) groups is 1. The second-order valence-electron chi connectivity index (χ2n) is 6.56. The van der Waals surface area contributed by atoms with Crippen LogP contribution in [0, 0.1) is 0 Å². The second-order valence-corrected chi connectivity index (χ2v) is 6.96. The number of ether oxygens (including phenoxy) is 1. The van der Waals surface area contributed by atoms with Crippen molar-refractivity contribution in [3.8, 4) is 34.2 Å². The molecular formula is C19H20N4O5S. The number of nitrogens with zero attached hydrogens (tertiary/aromatic N) is 4. The molecule has 3 rings (SSSR count). The van der Waals surface area contributed by atoms with E-state index >= 15 is 0 Å². The summed E-state index contributed by atoms with van der Waals surface area (Å²) in [5.41, 5.74) is 2.10. The van der Waals surface area contributed by atoms with Crippen molar-refractivity contribution in [3.63, 3.8) is 0 Å². The molecule has 0 fully saturated rings. The summed E-state index contributed by atoms with van der Waals surface area (Å²) in [5, 5.41) is 37.6. The summed E-state index contributed by atoms with van der Waals surface area (Å²) in [7, 11) is 1.37. The number of amides is 1. The number of carboxylic acid groups (broad SMARTS) is 1. The SMILES string of the molecule is COc1cc(-n2nnc(N(S)C(=O)O)c2-c2cccc(C(C)C)c2)c(O)cc1O. The minimum absolute atomic E-state index is 0.0341. The van der Waals surface area contributed by atoms with Crippen molar-refractivity contribution < 1.29 is 24.9 Å². The van der Waals surface area contributed by atoms with Crippen molar-refractivity contribution in [2.45, 2.75) is 19.8 Å². The van der Waals surface area contributed by atoms with E-state index < -0.39 is 6.09 Å². The third-order valence-electron chi connectivity index (χ3n) is 4.37. The number of aromatic nitrogens is 3. The zero-order chi connectivity index (χ0) is 21.3. The van der Waals surface area contributed by atoms with Gasteiger partial charge < -0.3 is 20.1 Å². The summed E-state index contributed by atoms with van der Waals surface area (Å²) < 4.78 is 7.03. The monoisotopic (exact) mass is 416 g/mol. The predicted octanol–water partition coefficient (Wildman–Crippen LogP) is 3.81. The van der Waals surface area contributed by atoms with Crippen LogP contribution in [0.2, 0.25) is 0 Å². The van der Waals surface area contributed by atoms with Crippen molar-refractivity contribution in [1.82, 2.24) is 15.0 Å². The van der Waals surface area contributed by atoms with Gasteiger partial charge in [0.1, 0.15) is 17.1 Å². The second kappa shape index (κ2) is 7.92. The van der Waals surface area contributed by atoms with E-state index in [1.54, 1.807) is 6.07 Å². The van der Waals surface area contributed by atoms with Gasteiger partial charge in [0.2, 0.25) is 0 Å². The summed E-state index contributed by atoms with van der Waals surface area (Å²) in [5.74, 6) is -0.233. The zero-order valence-electron chi connectivity index (χ0n) is 15.9. The van der Waals surface area contributed by atoms with E-state index in [4.69, 9.17) is 4.74 Å². The number of phenolic OH excluding ortho intramolecular Hbond substituents is 2. The highest BCUT2D eigenvalue weighted by atomic mass is 32.1. The Kier molecular flexibility index (Phi) is 5.55. The number of anilines is 1. The van der Waals surface area contributed by atoms with E-state index in [1.807, 2.05) is 32.0 Å². The summed E-state index contributed by atoms with van der Waals surface area (Å²) >= 11 is 4.00. The average molecular weight is 416 g/mol. The predicted molar refractivity (Wildman–Crippen MR) is 110 cm³/mol. The Bertz CT molecular complexity index is 1070. The first-order valence-corrected chi connectivity index (χ1v) is 9.02. The molecule has 152 valence electrons. The summed E-state index contributed by atoms with van der Waals surface area (Å²) in [6.45, 7) is 4.07. The molecule has 0 radical (unpaired) electrons. The lowest BCUT2D eigenvalue weighted by Gasteiger charge is -2.15. The van der Waals surface area contributed by atoms with Gasteiger partial charge in [0.15, 0.2) is 17.3 Å². The Morgan fingerprint density at radius 3 is 2.55 bits per heavy atom. The fourth-order valence-corrected chi connectivity index (χ4v) is 2.99. The van der Waals surface area contributed by atoms with Gasteiger partial charge in [-0.05, 0) is 17.5 Å². The highest BCUT2D eigenvalue weighted by Crippen LogP contribution is 2.39. The normalized spacial score (nSPS) is 10.9. The number of aromatic hydroxyl groups is 2. The summed E-state index contributed by atoms with van der Waals surface area (Å²) in [6, 6.07) is 9.96. The molecule has 1 heterocycles. The third kappa shape index (κ3) is 3.79. The molecule has 9 nitrogen and oxygen atoms in total. The number of rotatable bonds is 5. The number of phenols is 2. The van der Waals surface area contributed by atoms with Gasteiger partial charge in [0, 0.05) is 17.7 Å². The van der Waals surface area contributed by atoms with E-state index in [2.05, 4.69) is 23.1 Å². The molecule has 0 saturated heterocycles. The summed E-state index contributed by atoms with van der Waals surface area (Å²) in [4.78, 5) is 11.5. The van der Waals surface area contributed by atoms with Gasteiger partial charge in [-0.25, -0.2) is 13.8 Å². The van der Waals surface area contributed by atoms with Gasteiger partial charge in [-0.15, -0.1) is 5.10 Å². The van der Waals surface area contributed by atoms with Crippen LogP contribution in [-0.4, -0.2) is 43.5 Å². The Morgan fingerprint density at radius 2 is 1.93 bits per heavy atom. The van der Waals surface area contributed by atoms with Crippen molar-refractivity contribution in [2.75, 3.05) is 11.4 Å². The van der Waals surface area contributed by atoms with Gasteiger partial charge >= 0.3 is 6.09 Å². The molecule has 0 aliphatic carbocycles. The van der Waals surface area contributed by atoms with Crippen LogP contribution in [0.1, 0.15) is 25.3 Å². The maximum Gasteiger partial charge on any atom is 0.423 e. The number of methoxy groups -OCH3 is 1. The zero-order valence-corrected chi connectivity index (χ0v) is 16.8. The lowest BCUT2D eigenvalue weighted by molar-refractivity contribution is 0.206. The van der Waals surface area contributed by atoms with Crippen molar-refractivity contribution in [3.05, 3.63) is 42.0 Å². The average Bonchev–Trinajstić information content (AvgIpc) is 3.12. The van der Waals surface area contributed by atoms with Gasteiger partial charge in [-0.1, -0.05) is 50.1 Å². The lowest BCUT2D eigenvalue weighted by Crippen LogP contribution is -2.19. The van der Waals surface area contributed by atoms with Crippen molar-refractivity contribution in [1.29, 1.82) is 0 Å². The van der Waals surface area contributed by atoms with Gasteiger partial charge in [-0.2, -0.15) is 0 Å². The molecule has 0 spiro atoms. The first kappa shape index (κ1) is 20.3. The van der Waals surface area contributed by atoms with E-state index in [-0.39, 0.29) is 34.7 Å². The van der Waals surface area contributed by atoms with Crippen LogP contribution in [0.5, 0.6) is 17.2 Å². The number of thiol groups is 1. The summed E-state index contributed by atoms with van der Waals surface area (Å²) in [6.07, 6.45) is -1.34. The van der Waals surface area contributed by atoms with Crippen LogP contribution < -0.4 is 9.04 Å². The van der Waals surface area contributed by atoms with Gasteiger partial charge in [0.05, 0.1) is 7.11 Å². The van der Waals surface area contributed by atoms with Crippen LogP contribution in [-0.2, 0) is 0 Å². The number of hydrogen-bond acceptors (Lipinski definition) is 7. The van der Waals surface area contributed by atoms with Crippen LogP contribution in [0.4, 0.5) is 10.6 Å². The molecule has 1 aromatic heterocycles. The van der Waals surface area contributed by atoms with E-state index in [0.29, 0.717) is 15.6 Å². The van der Waals surface area contributed by atoms with Crippen LogP contribution in [0.25, 0.3) is 16.9 Å². The molecule has 10 heteroatoms. The Hall–Kier alpha value is -3.40. The molecule has 0 unspecified atom stereocenters. The Balaban J connectivity index is 2.30. The van der Waals surface area contributed by atoms with Crippen LogP contribution in [0.3, 0.4) is 0 Å². The molecule has 0 aliphatic rings. The van der Waals surface area contributed by atoms with Crippen molar-refractivity contribution in [2.24, 2.45) is 0 Å². The molecule has 0 aliphatic heterocycles. The molecule has 0 saturated carbocycles. The maximum absolute atomic E-state index is 11.5. The molecule has 0 atom stereocenters. The largest absolute Gasteiger partial charge is 0.506 e. The highest BCUT2D eigenvalue weighted by Gasteiger charge is 2.26. The fraction of sp³-hybridized carbons (Fsp3) is 0.211. The quantitative estimate of drug-likeness (QED) is 0.467. The van der Waals surface area contributed by atoms with Gasteiger partial charge in [-0.3, -0.25) is 0 Å². The molecule has 1 amide bonds. The van der Waals surface area contributed by atoms with Crippen molar-refractivity contribution >= 4 is 24.7 Å². The maximum atomic E-state index is 11.5. The Morgan fingerprint density at radius 1 is 1.21 bits per heavy atom. The number of benzene rings is 2. The molecule has 0 bridgehead atoms. The molecule has 3 aromatic rings. The molecule has 3 N–H and O–H groups in total. The lowest BCUT2D eigenvalue weighted by atomic mass is 9.99. The van der Waals surface area contributed by atoms with Crippen LogP contribution >= 0.6 is 12.8 Å². The highest BCUT2D eigenvalue weighted by molar-refractivity contribution is 7.82. The van der Waals surface area contributed by atoms with Gasteiger partial charge in [0.25, 0.3) is 0 Å². The minimum Gasteiger partial charge on any atom is -0.506 e. The molecule has 2 aromatic carbocycles. The number of hydrogen-bond donors (Lipinski definition) is 4. The van der Waals surface area contributed by atoms with E-state index in [0.717, 1.165) is 11.6 Å². The topological polar surface area (TPSA) is 121 Å². The smallest absolute Gasteiger partial charge is 0.423 e.